The van der Waals surface area contributed by atoms with Gasteiger partial charge in [0.2, 0.25) is 5.95 Å². The third-order valence-electron chi connectivity index (χ3n) is 8.68. The lowest BCUT2D eigenvalue weighted by Crippen LogP contribution is -2.42. The van der Waals surface area contributed by atoms with Crippen LogP contribution in [0.3, 0.4) is 0 Å². The second-order valence-corrected chi connectivity index (χ2v) is 14.4. The zero-order valence-corrected chi connectivity index (χ0v) is 26.3. The van der Waals surface area contributed by atoms with E-state index in [2.05, 4.69) is 35.8 Å². The number of hydrogen-bond acceptors (Lipinski definition) is 16. The Labute approximate surface area is 267 Å². The molecule has 7 rings (SSSR count). The predicted molar refractivity (Wildman–Crippen MR) is 158 cm³/mol. The Morgan fingerprint density at radius 3 is 2.54 bits per heavy atom. The van der Waals surface area contributed by atoms with Crippen molar-refractivity contribution in [1.29, 1.82) is 0 Å². The second-order valence-electron chi connectivity index (χ2n) is 11.6. The van der Waals surface area contributed by atoms with Crippen molar-refractivity contribution in [2.24, 2.45) is 11.3 Å². The topological polar surface area (TPSA) is 300 Å². The fourth-order valence-electron chi connectivity index (χ4n) is 6.44. The van der Waals surface area contributed by atoms with Gasteiger partial charge in [0.05, 0.1) is 37.8 Å². The lowest BCUT2D eigenvalue weighted by atomic mass is 9.78. The number of aromatic amines is 1. The van der Waals surface area contributed by atoms with Gasteiger partial charge in [0.1, 0.15) is 36.3 Å². The number of terminal acetylenes is 1. The molecule has 21 nitrogen and oxygen atoms in total. The van der Waals surface area contributed by atoms with Crippen molar-refractivity contribution in [3.8, 4) is 12.3 Å². The number of halogens is 1. The number of aliphatic hydroxyl groups excluding tert-OH is 1. The normalized spacial score (nSPS) is 39.0. The van der Waals surface area contributed by atoms with E-state index in [1.54, 1.807) is 0 Å². The molecule has 4 aromatic heterocycles. The Morgan fingerprint density at radius 1 is 1.08 bits per heavy atom. The lowest BCUT2D eigenvalue weighted by molar-refractivity contribution is -0.0738. The minimum Gasteiger partial charge on any atom is -0.388 e. The summed E-state index contributed by atoms with van der Waals surface area (Å²) >= 11 is 0. The van der Waals surface area contributed by atoms with Crippen LogP contribution >= 0.6 is 15.6 Å². The molecule has 0 spiro atoms. The van der Waals surface area contributed by atoms with E-state index in [9.17, 15) is 28.8 Å². The quantitative estimate of drug-likeness (QED) is 0.113. The second kappa shape index (κ2) is 11.3. The van der Waals surface area contributed by atoms with Gasteiger partial charge in [-0.1, -0.05) is 6.92 Å². The molecule has 2 saturated heterocycles. The number of nitrogens with one attached hydrogen (secondary N) is 1. The molecule has 8 N–H and O–H groups in total. The number of fused-ring (bicyclic) bond motifs is 4. The molecule has 11 atom stereocenters. The molecule has 1 aliphatic carbocycles. The summed E-state index contributed by atoms with van der Waals surface area (Å²) in [7, 11) is -10.4. The number of nitrogens with zero attached hydrogens (tertiary/aromatic N) is 7. The van der Waals surface area contributed by atoms with Gasteiger partial charge in [-0.05, 0) is 0 Å². The van der Waals surface area contributed by atoms with E-state index in [0.717, 1.165) is 23.5 Å². The van der Waals surface area contributed by atoms with Crippen LogP contribution in [0.5, 0.6) is 0 Å². The molecule has 2 aliphatic heterocycles. The summed E-state index contributed by atoms with van der Waals surface area (Å²) in [6.07, 6.45) is -1.46. The summed E-state index contributed by atoms with van der Waals surface area (Å²) in [5, 5.41) is 11.6. The minimum atomic E-state index is -5.19. The number of nitrogen functional groups attached to an aromatic ring is 2. The van der Waals surface area contributed by atoms with Crippen LogP contribution in [-0.2, 0) is 32.0 Å². The average Bonchev–Trinajstić information content (AvgIpc) is 3.75. The summed E-state index contributed by atoms with van der Waals surface area (Å²) < 4.78 is 72.2. The van der Waals surface area contributed by atoms with Gasteiger partial charge in [0.15, 0.2) is 35.0 Å². The zero-order chi connectivity index (χ0) is 34.3. The molecular weight excluding hydrogens is 685 g/mol. The maximum absolute atomic E-state index is 16.0. The summed E-state index contributed by atoms with van der Waals surface area (Å²) in [6.45, 7) is -0.380. The molecule has 256 valence electrons. The van der Waals surface area contributed by atoms with Gasteiger partial charge in [0, 0.05) is 5.41 Å². The van der Waals surface area contributed by atoms with Crippen molar-refractivity contribution in [3.05, 3.63) is 29.3 Å². The molecule has 3 aliphatic rings. The Kier molecular flexibility index (Phi) is 7.72. The molecule has 24 heteroatoms. The van der Waals surface area contributed by atoms with Gasteiger partial charge in [-0.25, -0.2) is 33.5 Å². The van der Waals surface area contributed by atoms with Crippen molar-refractivity contribution >= 4 is 49.7 Å². The van der Waals surface area contributed by atoms with Gasteiger partial charge < -0.3 is 35.7 Å². The number of aliphatic hydroxyl groups is 1. The monoisotopic (exact) mass is 712 g/mol. The average molecular weight is 712 g/mol. The summed E-state index contributed by atoms with van der Waals surface area (Å²) in [5.41, 5.74) is 9.04. The van der Waals surface area contributed by atoms with Crippen LogP contribution in [0.1, 0.15) is 19.2 Å². The molecule has 3 fully saturated rings. The molecule has 48 heavy (non-hydrogen) atoms. The van der Waals surface area contributed by atoms with E-state index < -0.39 is 88.6 Å². The number of hydrogen-bond donors (Lipinski definition) is 6. The van der Waals surface area contributed by atoms with Crippen LogP contribution in [0.15, 0.2) is 23.8 Å². The molecule has 0 bridgehead atoms. The summed E-state index contributed by atoms with van der Waals surface area (Å²) in [4.78, 5) is 56.4. The first-order valence-corrected chi connectivity index (χ1v) is 17.0. The number of ether oxygens (including phenoxy) is 1. The van der Waals surface area contributed by atoms with E-state index in [0.29, 0.717) is 0 Å². The first-order chi connectivity index (χ1) is 22.6. The van der Waals surface area contributed by atoms with E-state index in [1.165, 1.54) is 11.5 Å². The van der Waals surface area contributed by atoms with Crippen molar-refractivity contribution < 1.29 is 51.2 Å². The van der Waals surface area contributed by atoms with Crippen molar-refractivity contribution in [2.75, 3.05) is 24.7 Å². The van der Waals surface area contributed by atoms with E-state index in [4.69, 9.17) is 40.7 Å². The molecule has 6 heterocycles. The molecule has 0 radical (unpaired) electrons. The predicted octanol–water partition coefficient (Wildman–Crippen LogP) is -0.451. The maximum Gasteiger partial charge on any atom is 0.472 e. The van der Waals surface area contributed by atoms with E-state index in [1.807, 2.05) is 0 Å². The summed E-state index contributed by atoms with van der Waals surface area (Å²) in [6, 6.07) is -1.27. The van der Waals surface area contributed by atoms with Crippen LogP contribution in [0.2, 0.25) is 0 Å². The molecule has 0 amide bonds. The van der Waals surface area contributed by atoms with Gasteiger partial charge in [0.25, 0.3) is 5.56 Å². The number of H-pyrrole nitrogens is 1. The fraction of sp³-hybridized carbons (Fsp3) is 0.500. The highest BCUT2D eigenvalue weighted by Gasteiger charge is 2.62. The summed E-state index contributed by atoms with van der Waals surface area (Å²) in [5.74, 6) is 0.973. The number of alkyl halides is 1. The Morgan fingerprint density at radius 2 is 1.79 bits per heavy atom. The first-order valence-electron chi connectivity index (χ1n) is 14.0. The molecule has 2 unspecified atom stereocenters. The van der Waals surface area contributed by atoms with Crippen LogP contribution in [0, 0.1) is 23.7 Å². The number of rotatable bonds is 2. The lowest BCUT2D eigenvalue weighted by Gasteiger charge is -2.36. The number of phosphoric ester groups is 2. The highest BCUT2D eigenvalue weighted by Crippen LogP contribution is 2.60. The number of imidazole rings is 2. The standard InChI is InChI=1S/C24H27FN10O11P2/c1-3-9-14(34-7-31-13-20(34)32-23(27)33-21(13)37)15(36)17-24(9,2)5-43-48(40,41)45-16-10(4-42-47(38,39)46-17)44-22(11(16)25)35-8-30-12-18(26)28-6-29-19(12)35/h1,6-11,14-17,22,36H,4-5H2,2H3,(H,38,39)(H,40,41)(H2,26,28,29)(H3,27,32,33,37)/t9-,10-,11-,14-,15+,16-,17+,22-,24+/m1/s1. The van der Waals surface area contributed by atoms with Crippen LogP contribution < -0.4 is 17.0 Å². The Hall–Kier alpha value is -3.87. The van der Waals surface area contributed by atoms with E-state index >= 15 is 4.39 Å². The van der Waals surface area contributed by atoms with Crippen LogP contribution in [0.4, 0.5) is 16.2 Å². The number of nitrogens with two attached hydrogens (primary N) is 2. The van der Waals surface area contributed by atoms with Gasteiger partial charge in [-0.2, -0.15) is 4.98 Å². The SMILES string of the molecule is C#C[C@@H]1[C@@H](n2cnc3c(=O)[nH]c(N)nc32)[C@H](O)[C@@H]2OP(=O)(O)OC[C@H]3O[C@@H](n4cnc5c(N)ncnc54)[C@H](F)[C@@H]3OP(=O)(O)OC[C@@]12C. The maximum atomic E-state index is 16.0. The smallest absolute Gasteiger partial charge is 0.388 e. The molecule has 4 aromatic rings. The van der Waals surface area contributed by atoms with Gasteiger partial charge in [-0.3, -0.25) is 32.4 Å². The first kappa shape index (κ1) is 32.7. The molecule has 1 saturated carbocycles. The Bertz CT molecular complexity index is 2120. The third kappa shape index (κ3) is 5.19. The zero-order valence-electron chi connectivity index (χ0n) is 24.5. The number of aromatic nitrogens is 8. The molecule has 0 aromatic carbocycles. The van der Waals surface area contributed by atoms with Gasteiger partial charge in [-0.15, -0.1) is 12.3 Å². The molecular formula is C24H27FN10O11P2. The number of anilines is 2. The van der Waals surface area contributed by atoms with Crippen molar-refractivity contribution in [1.82, 2.24) is 39.0 Å². The highest BCUT2D eigenvalue weighted by atomic mass is 31.2. The highest BCUT2D eigenvalue weighted by molar-refractivity contribution is 7.47. The van der Waals surface area contributed by atoms with Crippen molar-refractivity contribution in [2.45, 2.75) is 49.8 Å². The fourth-order valence-corrected chi connectivity index (χ4v) is 8.55. The third-order valence-corrected chi connectivity index (χ3v) is 10.6. The van der Waals surface area contributed by atoms with E-state index in [-0.39, 0.29) is 34.1 Å². The number of phosphoric acid groups is 2. The Balaban J connectivity index is 1.24. The van der Waals surface area contributed by atoms with Crippen molar-refractivity contribution in [3.63, 3.8) is 0 Å². The largest absolute Gasteiger partial charge is 0.472 e. The van der Waals surface area contributed by atoms with Crippen LogP contribution in [0.25, 0.3) is 22.3 Å². The minimum absolute atomic E-state index is 0.00567. The van der Waals surface area contributed by atoms with Gasteiger partial charge >= 0.3 is 15.6 Å². The van der Waals surface area contributed by atoms with Crippen LogP contribution in [-0.4, -0.2) is 97.7 Å².